The number of carboxylic acid groups (broad SMARTS) is 1. The minimum atomic E-state index is -1.37. The molecule has 4 bridgehead atoms. The summed E-state index contributed by atoms with van der Waals surface area (Å²) in [5.41, 5.74) is 21.1. The van der Waals surface area contributed by atoms with Crippen LogP contribution in [0.25, 0.3) is 22.3 Å². The van der Waals surface area contributed by atoms with Crippen LogP contribution >= 0.6 is 11.6 Å². The van der Waals surface area contributed by atoms with Crippen LogP contribution < -0.4 is 42.6 Å². The molecule has 0 radical (unpaired) electrons. The Morgan fingerprint density at radius 3 is 2.12 bits per heavy atom. The van der Waals surface area contributed by atoms with E-state index in [1.165, 1.54) is 18.9 Å². The van der Waals surface area contributed by atoms with Crippen LogP contribution in [0, 0.1) is 0 Å². The van der Waals surface area contributed by atoms with Gasteiger partial charge >= 0.3 is 5.97 Å². The van der Waals surface area contributed by atoms with Gasteiger partial charge in [0.2, 0.25) is 17.7 Å². The fourth-order valence-corrected chi connectivity index (χ4v) is 7.18. The highest BCUT2D eigenvalue weighted by Crippen LogP contribution is 2.40. The highest BCUT2D eigenvalue weighted by molar-refractivity contribution is 6.33. The van der Waals surface area contributed by atoms with Gasteiger partial charge < -0.3 is 52.6 Å². The van der Waals surface area contributed by atoms with Crippen molar-refractivity contribution in [2.45, 2.75) is 56.8 Å². The second kappa shape index (κ2) is 21.3. The number of hydrogen-bond acceptors (Lipinski definition) is 10. The first kappa shape index (κ1) is 45.1. The van der Waals surface area contributed by atoms with Gasteiger partial charge in [-0.05, 0) is 91.9 Å². The molecule has 4 aromatic rings. The minimum absolute atomic E-state index is 0.0900. The quantitative estimate of drug-likeness (QED) is 0.0807. The summed E-state index contributed by atoms with van der Waals surface area (Å²) in [7, 11) is 1.44. The number of unbranched alkanes of at least 4 members (excludes halogenated alkanes) is 1. The summed E-state index contributed by atoms with van der Waals surface area (Å²) in [5.74, 6) is -3.10. The molecule has 0 aromatic heterocycles. The largest absolute Gasteiger partial charge is 0.492 e. The molecule has 4 aromatic carbocycles. The van der Waals surface area contributed by atoms with Crippen LogP contribution in [0.3, 0.4) is 0 Å². The van der Waals surface area contributed by atoms with E-state index in [1.54, 1.807) is 66.7 Å². The Labute approximate surface area is 353 Å². The number of nitrogens with two attached hydrogens (primary N) is 3. The zero-order valence-electron chi connectivity index (χ0n) is 33.6. The van der Waals surface area contributed by atoms with Gasteiger partial charge in [0, 0.05) is 53.8 Å². The average molecular weight is 842 g/mol. The van der Waals surface area contributed by atoms with Crippen LogP contribution in [-0.4, -0.2) is 97.6 Å². The van der Waals surface area contributed by atoms with E-state index < -0.39 is 53.8 Å². The molecule has 0 aliphatic carbocycles. The summed E-state index contributed by atoms with van der Waals surface area (Å²) in [6, 6.07) is 19.2. The number of rotatable bonds is 16. The number of hydrogen-bond donors (Lipinski definition) is 7. The van der Waals surface area contributed by atoms with Gasteiger partial charge in [0.05, 0.1) is 0 Å². The van der Waals surface area contributed by atoms with Crippen LogP contribution in [0.2, 0.25) is 5.02 Å². The molecule has 1 aliphatic heterocycles. The zero-order valence-corrected chi connectivity index (χ0v) is 34.4. The van der Waals surface area contributed by atoms with E-state index >= 15 is 0 Å². The average Bonchev–Trinajstić information content (AvgIpc) is 3.24. The molecule has 0 spiro atoms. The van der Waals surface area contributed by atoms with Crippen molar-refractivity contribution in [3.63, 3.8) is 0 Å². The van der Waals surface area contributed by atoms with Gasteiger partial charge in [-0.15, -0.1) is 0 Å². The van der Waals surface area contributed by atoms with Crippen molar-refractivity contribution < 1.29 is 38.6 Å². The first-order valence-electron chi connectivity index (χ1n) is 19.8. The summed E-state index contributed by atoms with van der Waals surface area (Å²) in [4.78, 5) is 69.9. The number of fused-ring (bicyclic) bond motifs is 5. The molecule has 1 aliphatic rings. The molecular formula is C44H52ClN7O8. The van der Waals surface area contributed by atoms with E-state index in [-0.39, 0.29) is 39.1 Å². The smallest absolute Gasteiger partial charge is 0.326 e. The Kier molecular flexibility index (Phi) is 16.0. The van der Waals surface area contributed by atoms with Gasteiger partial charge in [-0.25, -0.2) is 4.79 Å². The van der Waals surface area contributed by atoms with Crippen molar-refractivity contribution in [2.24, 2.45) is 17.2 Å². The summed E-state index contributed by atoms with van der Waals surface area (Å²) in [6.45, 7) is 2.48. The van der Waals surface area contributed by atoms with Gasteiger partial charge in [-0.1, -0.05) is 54.1 Å². The molecule has 318 valence electrons. The lowest BCUT2D eigenvalue weighted by molar-refractivity contribution is -0.143. The molecule has 0 fully saturated rings. The predicted octanol–water partition coefficient (Wildman–Crippen LogP) is 3.41. The number of aliphatic carboxylic acids is 1. The van der Waals surface area contributed by atoms with Crippen molar-refractivity contribution in [1.82, 2.24) is 20.9 Å². The summed E-state index contributed by atoms with van der Waals surface area (Å²) < 4.78 is 12.1. The van der Waals surface area contributed by atoms with Crippen LogP contribution in [0.15, 0.2) is 84.9 Å². The SMILES string of the molecule is C[C@@H]1NC(=O)[C@@H](N(C)C(=O)[C@H](CCCCN)NC(=O)c2ccc(-c3ccccc3Cl)cc2)c2ccc(OCCN)c(c2)-c2cc(ccc2OCCN)C[C@@H](C(=O)O)NC1=O. The van der Waals surface area contributed by atoms with Crippen LogP contribution in [0.5, 0.6) is 11.5 Å². The van der Waals surface area contributed by atoms with Gasteiger partial charge in [-0.2, -0.15) is 0 Å². The van der Waals surface area contributed by atoms with Gasteiger partial charge in [-0.3, -0.25) is 19.2 Å². The van der Waals surface area contributed by atoms with Crippen molar-refractivity contribution in [1.29, 1.82) is 0 Å². The van der Waals surface area contributed by atoms with Crippen LogP contribution in [0.4, 0.5) is 0 Å². The predicted molar refractivity (Wildman–Crippen MR) is 228 cm³/mol. The van der Waals surface area contributed by atoms with E-state index in [2.05, 4.69) is 16.0 Å². The van der Waals surface area contributed by atoms with E-state index in [4.69, 9.17) is 38.3 Å². The first-order chi connectivity index (χ1) is 28.9. The maximum Gasteiger partial charge on any atom is 0.326 e. The van der Waals surface area contributed by atoms with Crippen molar-refractivity contribution in [3.05, 3.63) is 107 Å². The third-order valence-electron chi connectivity index (χ3n) is 10.1. The lowest BCUT2D eigenvalue weighted by Crippen LogP contribution is -2.54. The first-order valence-corrected chi connectivity index (χ1v) is 20.1. The topological polar surface area (TPSA) is 241 Å². The number of amides is 4. The molecule has 16 heteroatoms. The third-order valence-corrected chi connectivity index (χ3v) is 10.4. The third kappa shape index (κ3) is 11.2. The Morgan fingerprint density at radius 1 is 0.833 bits per heavy atom. The highest BCUT2D eigenvalue weighted by atomic mass is 35.5. The Morgan fingerprint density at radius 2 is 1.48 bits per heavy atom. The van der Waals surface area contributed by atoms with Crippen molar-refractivity contribution in [2.75, 3.05) is 39.9 Å². The highest BCUT2D eigenvalue weighted by Gasteiger charge is 2.36. The van der Waals surface area contributed by atoms with E-state index in [1.807, 2.05) is 18.2 Å². The molecule has 0 saturated carbocycles. The molecule has 15 nitrogen and oxygen atoms in total. The lowest BCUT2D eigenvalue weighted by atomic mass is 9.93. The zero-order chi connectivity index (χ0) is 43.3. The van der Waals surface area contributed by atoms with Crippen LogP contribution in [-0.2, 0) is 25.6 Å². The van der Waals surface area contributed by atoms with Gasteiger partial charge in [0.25, 0.3) is 5.91 Å². The van der Waals surface area contributed by atoms with Crippen LogP contribution in [0.1, 0.15) is 53.7 Å². The van der Waals surface area contributed by atoms with Gasteiger partial charge in [0.15, 0.2) is 0 Å². The molecule has 0 saturated heterocycles. The normalized spacial score (nSPS) is 17.0. The molecule has 4 atom stereocenters. The minimum Gasteiger partial charge on any atom is -0.492 e. The number of benzene rings is 4. The monoisotopic (exact) mass is 841 g/mol. The Balaban J connectivity index is 1.58. The Bertz CT molecular complexity index is 2170. The van der Waals surface area contributed by atoms with Gasteiger partial charge in [0.1, 0.15) is 48.9 Å². The maximum absolute atomic E-state index is 14.7. The number of ether oxygens (including phenoxy) is 2. The molecule has 0 unspecified atom stereocenters. The Hall–Kier alpha value is -6.00. The fourth-order valence-electron chi connectivity index (χ4n) is 6.93. The van der Waals surface area contributed by atoms with Crippen molar-refractivity contribution >= 4 is 41.2 Å². The number of likely N-dealkylation sites (N-methyl/N-ethyl adjacent to an activating group) is 1. The number of nitrogens with one attached hydrogen (secondary N) is 3. The number of nitrogens with zero attached hydrogens (tertiary/aromatic N) is 1. The number of carboxylic acids is 1. The molecule has 1 heterocycles. The number of carbonyl (C=O) groups is 5. The molecule has 60 heavy (non-hydrogen) atoms. The summed E-state index contributed by atoms with van der Waals surface area (Å²) >= 11 is 6.40. The molecule has 4 amide bonds. The molecule has 10 N–H and O–H groups in total. The summed E-state index contributed by atoms with van der Waals surface area (Å²) in [5, 5.41) is 18.7. The summed E-state index contributed by atoms with van der Waals surface area (Å²) in [6.07, 6.45) is 1.18. The van der Waals surface area contributed by atoms with E-state index in [9.17, 15) is 29.1 Å². The second-order valence-corrected chi connectivity index (χ2v) is 14.8. The van der Waals surface area contributed by atoms with E-state index in [0.29, 0.717) is 63.7 Å². The number of halogens is 1. The molecular weight excluding hydrogens is 790 g/mol. The second-order valence-electron chi connectivity index (χ2n) is 14.4. The number of carbonyl (C=O) groups excluding carboxylic acids is 4. The lowest BCUT2D eigenvalue weighted by Gasteiger charge is -2.32. The fraction of sp³-hybridized carbons (Fsp3) is 0.341. The standard InChI is InChI=1S/C44H52ClN7O8/c1-26-40(53)51-36(44(57)58)24-27-10-16-37(59-21-19-47)32(23-27)33-25-30(15-17-38(33)60-22-20-48)39(42(55)49-26)52(2)43(56)35(9-5-6-18-46)50-41(54)29-13-11-28(12-14-29)31-7-3-4-8-34(31)45/h3-4,7-8,10-17,23,25-26,35-36,39H,5-6,9,18-22,24,46-48H2,1-2H3,(H,49,55)(H,50,54)(H,51,53)(H,57,58)/t26-,35-,36-,39-/m0/s1. The van der Waals surface area contributed by atoms with Crippen molar-refractivity contribution in [3.8, 4) is 33.8 Å². The molecule has 5 rings (SSSR count). The maximum atomic E-state index is 14.7. The van der Waals surface area contributed by atoms with E-state index in [0.717, 1.165) is 11.1 Å².